The molecule has 0 aliphatic heterocycles. The average molecular weight is 473 g/mol. The van der Waals surface area contributed by atoms with Crippen molar-refractivity contribution < 1.29 is 8.42 Å². The SMILES string of the molecule is CN(Cc1ccccc1)S(=O)(=O)c1cccc(CN(Cc2ccccn2)Cc2ccccn2)c1. The van der Waals surface area contributed by atoms with Crippen molar-refractivity contribution in [1.29, 1.82) is 0 Å². The molecular weight excluding hydrogens is 444 g/mol. The third-order valence-electron chi connectivity index (χ3n) is 5.48. The lowest BCUT2D eigenvalue weighted by molar-refractivity contribution is 0.241. The monoisotopic (exact) mass is 472 g/mol. The Labute approximate surface area is 201 Å². The molecule has 7 heteroatoms. The van der Waals surface area contributed by atoms with Gasteiger partial charge in [-0.05, 0) is 47.5 Å². The zero-order valence-corrected chi connectivity index (χ0v) is 20.0. The van der Waals surface area contributed by atoms with Crippen LogP contribution in [0.25, 0.3) is 0 Å². The van der Waals surface area contributed by atoms with Gasteiger partial charge in [0.1, 0.15) is 0 Å². The lowest BCUT2D eigenvalue weighted by Crippen LogP contribution is -2.27. The zero-order chi connectivity index (χ0) is 23.8. The maximum Gasteiger partial charge on any atom is 0.243 e. The van der Waals surface area contributed by atoms with Gasteiger partial charge in [-0.15, -0.1) is 0 Å². The van der Waals surface area contributed by atoms with Crippen LogP contribution in [0.4, 0.5) is 0 Å². The number of hydrogen-bond donors (Lipinski definition) is 0. The zero-order valence-electron chi connectivity index (χ0n) is 19.2. The molecule has 4 rings (SSSR count). The first-order chi connectivity index (χ1) is 16.5. The Balaban J connectivity index is 1.54. The van der Waals surface area contributed by atoms with Gasteiger partial charge in [0.15, 0.2) is 0 Å². The molecule has 0 aliphatic rings. The van der Waals surface area contributed by atoms with Crippen LogP contribution in [-0.2, 0) is 36.2 Å². The molecule has 0 saturated carbocycles. The molecule has 0 fully saturated rings. The highest BCUT2D eigenvalue weighted by atomic mass is 32.2. The predicted molar refractivity (Wildman–Crippen MR) is 133 cm³/mol. The van der Waals surface area contributed by atoms with Crippen molar-refractivity contribution >= 4 is 10.0 Å². The molecule has 34 heavy (non-hydrogen) atoms. The van der Waals surface area contributed by atoms with Crippen LogP contribution in [0, 0.1) is 0 Å². The average Bonchev–Trinajstić information content (AvgIpc) is 2.86. The van der Waals surface area contributed by atoms with Crippen molar-refractivity contribution in [2.24, 2.45) is 0 Å². The van der Waals surface area contributed by atoms with E-state index < -0.39 is 10.0 Å². The summed E-state index contributed by atoms with van der Waals surface area (Å²) in [5.41, 5.74) is 3.76. The van der Waals surface area contributed by atoms with Gasteiger partial charge in [0.05, 0.1) is 16.3 Å². The summed E-state index contributed by atoms with van der Waals surface area (Å²) in [7, 11) is -2.01. The molecule has 0 bridgehead atoms. The molecule has 0 amide bonds. The number of aromatic nitrogens is 2. The molecular formula is C27H28N4O2S. The number of sulfonamides is 1. The smallest absolute Gasteiger partial charge is 0.243 e. The standard InChI is InChI=1S/C27H28N4O2S/c1-30(19-23-10-3-2-4-11-23)34(32,33)27-15-9-12-24(18-27)20-31(21-25-13-5-7-16-28-25)22-26-14-6-8-17-29-26/h2-18H,19-22H2,1H3. The van der Waals surface area contributed by atoms with E-state index in [2.05, 4.69) is 14.9 Å². The van der Waals surface area contributed by atoms with Crippen molar-refractivity contribution in [2.75, 3.05) is 7.05 Å². The normalized spacial score (nSPS) is 11.7. The third-order valence-corrected chi connectivity index (χ3v) is 7.28. The first-order valence-electron chi connectivity index (χ1n) is 11.1. The topological polar surface area (TPSA) is 66.4 Å². The Morgan fingerprint density at radius 1 is 0.647 bits per heavy atom. The number of nitrogens with zero attached hydrogens (tertiary/aromatic N) is 4. The van der Waals surface area contributed by atoms with Crippen molar-refractivity contribution in [3.8, 4) is 0 Å². The first kappa shape index (κ1) is 23.8. The molecule has 0 spiro atoms. The minimum atomic E-state index is -3.62. The maximum absolute atomic E-state index is 13.2. The van der Waals surface area contributed by atoms with E-state index in [0.717, 1.165) is 22.5 Å². The highest BCUT2D eigenvalue weighted by molar-refractivity contribution is 7.89. The van der Waals surface area contributed by atoms with Crippen LogP contribution in [0.2, 0.25) is 0 Å². The van der Waals surface area contributed by atoms with Crippen molar-refractivity contribution in [3.63, 3.8) is 0 Å². The minimum Gasteiger partial charge on any atom is -0.287 e. The highest BCUT2D eigenvalue weighted by Crippen LogP contribution is 2.20. The lowest BCUT2D eigenvalue weighted by atomic mass is 10.2. The Morgan fingerprint density at radius 2 is 1.24 bits per heavy atom. The van der Waals surface area contributed by atoms with Gasteiger partial charge in [0.25, 0.3) is 0 Å². The Bertz CT molecular complexity index is 1240. The van der Waals surface area contributed by atoms with Crippen LogP contribution in [0.1, 0.15) is 22.5 Å². The fourth-order valence-corrected chi connectivity index (χ4v) is 5.01. The molecule has 2 aromatic heterocycles. The second kappa shape index (κ2) is 11.2. The summed E-state index contributed by atoms with van der Waals surface area (Å²) in [6.07, 6.45) is 3.56. The van der Waals surface area contributed by atoms with Gasteiger partial charge < -0.3 is 0 Å². The van der Waals surface area contributed by atoms with Crippen molar-refractivity contribution in [3.05, 3.63) is 126 Å². The summed E-state index contributed by atoms with van der Waals surface area (Å²) in [4.78, 5) is 11.4. The van der Waals surface area contributed by atoms with E-state index in [4.69, 9.17) is 0 Å². The Kier molecular flexibility index (Phi) is 7.80. The quantitative estimate of drug-likeness (QED) is 0.340. The molecule has 0 aliphatic carbocycles. The molecule has 174 valence electrons. The molecule has 0 N–H and O–H groups in total. The molecule has 0 radical (unpaired) electrons. The van der Waals surface area contributed by atoms with Gasteiger partial charge in [0, 0.05) is 45.6 Å². The second-order valence-corrected chi connectivity index (χ2v) is 10.2. The van der Waals surface area contributed by atoms with Gasteiger partial charge in [-0.25, -0.2) is 8.42 Å². The third kappa shape index (κ3) is 6.35. The fourth-order valence-electron chi connectivity index (χ4n) is 3.78. The van der Waals surface area contributed by atoms with Gasteiger partial charge in [-0.2, -0.15) is 4.31 Å². The van der Waals surface area contributed by atoms with E-state index in [1.807, 2.05) is 72.8 Å². The van der Waals surface area contributed by atoms with Crippen LogP contribution < -0.4 is 0 Å². The maximum atomic E-state index is 13.2. The number of rotatable bonds is 10. The van der Waals surface area contributed by atoms with E-state index in [1.54, 1.807) is 37.6 Å². The van der Waals surface area contributed by atoms with Gasteiger partial charge in [-0.1, -0.05) is 54.6 Å². The lowest BCUT2D eigenvalue weighted by Gasteiger charge is -2.23. The van der Waals surface area contributed by atoms with Gasteiger partial charge in [-0.3, -0.25) is 14.9 Å². The summed E-state index contributed by atoms with van der Waals surface area (Å²) in [5.74, 6) is 0. The van der Waals surface area contributed by atoms with Crippen LogP contribution >= 0.6 is 0 Å². The second-order valence-electron chi connectivity index (χ2n) is 8.18. The summed E-state index contributed by atoms with van der Waals surface area (Å²) in [5, 5.41) is 0. The van der Waals surface area contributed by atoms with Crippen LogP contribution in [0.5, 0.6) is 0 Å². The molecule has 4 aromatic rings. The van der Waals surface area contributed by atoms with Gasteiger partial charge >= 0.3 is 0 Å². The molecule has 2 aromatic carbocycles. The first-order valence-corrected chi connectivity index (χ1v) is 12.6. The summed E-state index contributed by atoms with van der Waals surface area (Å²) < 4.78 is 27.9. The van der Waals surface area contributed by atoms with Crippen LogP contribution in [-0.4, -0.2) is 34.6 Å². The van der Waals surface area contributed by atoms with Crippen molar-refractivity contribution in [1.82, 2.24) is 19.2 Å². The summed E-state index contributed by atoms with van der Waals surface area (Å²) >= 11 is 0. The number of pyridine rings is 2. The largest absolute Gasteiger partial charge is 0.287 e. The van der Waals surface area contributed by atoms with Crippen LogP contribution in [0.3, 0.4) is 0 Å². The highest BCUT2D eigenvalue weighted by Gasteiger charge is 2.21. The summed E-state index contributed by atoms with van der Waals surface area (Å²) in [6, 6.07) is 28.5. The Morgan fingerprint density at radius 3 is 1.82 bits per heavy atom. The van der Waals surface area contributed by atoms with E-state index in [1.165, 1.54) is 4.31 Å². The van der Waals surface area contributed by atoms with E-state index in [0.29, 0.717) is 31.1 Å². The minimum absolute atomic E-state index is 0.291. The Hall–Kier alpha value is -3.39. The van der Waals surface area contributed by atoms with E-state index in [9.17, 15) is 8.42 Å². The predicted octanol–water partition coefficient (Wildman–Crippen LogP) is 4.50. The van der Waals surface area contributed by atoms with E-state index in [-0.39, 0.29) is 0 Å². The van der Waals surface area contributed by atoms with Crippen molar-refractivity contribution in [2.45, 2.75) is 31.1 Å². The fraction of sp³-hybridized carbons (Fsp3) is 0.185. The van der Waals surface area contributed by atoms with Crippen LogP contribution in [0.15, 0.2) is 108 Å². The molecule has 0 atom stereocenters. The molecule has 0 unspecified atom stereocenters. The van der Waals surface area contributed by atoms with E-state index >= 15 is 0 Å². The molecule has 2 heterocycles. The number of benzene rings is 2. The number of hydrogen-bond acceptors (Lipinski definition) is 5. The van der Waals surface area contributed by atoms with Gasteiger partial charge in [0.2, 0.25) is 10.0 Å². The summed E-state index contributed by atoms with van der Waals surface area (Å²) in [6.45, 7) is 2.14. The molecule has 0 saturated heterocycles. The molecule has 6 nitrogen and oxygen atoms in total.